The van der Waals surface area contributed by atoms with Crippen LogP contribution in [0.15, 0.2) is 0 Å². The Balaban J connectivity index is 2.35. The number of nitrogens with zero attached hydrogens (tertiary/aromatic N) is 1. The van der Waals surface area contributed by atoms with Crippen molar-refractivity contribution in [2.24, 2.45) is 0 Å². The van der Waals surface area contributed by atoms with Crippen molar-refractivity contribution in [3.63, 3.8) is 0 Å². The monoisotopic (exact) mass is 188 g/mol. The highest BCUT2D eigenvalue weighted by molar-refractivity contribution is 4.82. The van der Waals surface area contributed by atoms with Gasteiger partial charge in [-0.25, -0.2) is 4.39 Å². The van der Waals surface area contributed by atoms with Crippen LogP contribution in [0.3, 0.4) is 0 Å². The van der Waals surface area contributed by atoms with Gasteiger partial charge in [0.15, 0.2) is 0 Å². The third-order valence-corrected chi connectivity index (χ3v) is 2.98. The van der Waals surface area contributed by atoms with Gasteiger partial charge in [0.1, 0.15) is 5.67 Å². The highest BCUT2D eigenvalue weighted by Crippen LogP contribution is 2.21. The molecule has 0 spiro atoms. The van der Waals surface area contributed by atoms with Crippen molar-refractivity contribution >= 4 is 0 Å². The van der Waals surface area contributed by atoms with Crippen molar-refractivity contribution < 1.29 is 4.39 Å². The van der Waals surface area contributed by atoms with Crippen LogP contribution in [0, 0.1) is 0 Å². The minimum atomic E-state index is -0.961. The quantitative estimate of drug-likeness (QED) is 0.718. The standard InChI is InChI=1S/C10H21FN2/c1-3-10(11,4-2)9-13-7-5-12-6-8-13/h12H,3-9H2,1-2H3. The van der Waals surface area contributed by atoms with Crippen LogP contribution in [0.1, 0.15) is 26.7 Å². The molecule has 1 N–H and O–H groups in total. The first-order chi connectivity index (χ1) is 6.20. The van der Waals surface area contributed by atoms with Crippen LogP contribution in [-0.2, 0) is 0 Å². The van der Waals surface area contributed by atoms with Gasteiger partial charge in [-0.05, 0) is 12.8 Å². The van der Waals surface area contributed by atoms with Crippen LogP contribution in [-0.4, -0.2) is 43.3 Å². The molecule has 3 heteroatoms. The maximum atomic E-state index is 14.0. The molecule has 1 heterocycles. The van der Waals surface area contributed by atoms with E-state index in [1.54, 1.807) is 0 Å². The fourth-order valence-electron chi connectivity index (χ4n) is 1.74. The Kier molecular flexibility index (Phi) is 4.13. The molecule has 0 aromatic rings. The molecule has 0 bridgehead atoms. The van der Waals surface area contributed by atoms with Gasteiger partial charge in [0.2, 0.25) is 0 Å². The summed E-state index contributed by atoms with van der Waals surface area (Å²) in [4.78, 5) is 2.23. The molecule has 13 heavy (non-hydrogen) atoms. The van der Waals surface area contributed by atoms with E-state index >= 15 is 0 Å². The summed E-state index contributed by atoms with van der Waals surface area (Å²) in [6.45, 7) is 8.48. The lowest BCUT2D eigenvalue weighted by Gasteiger charge is -2.33. The number of hydrogen-bond acceptors (Lipinski definition) is 2. The second-order valence-corrected chi connectivity index (χ2v) is 3.88. The molecule has 1 saturated heterocycles. The van der Waals surface area contributed by atoms with Crippen molar-refractivity contribution in [2.75, 3.05) is 32.7 Å². The lowest BCUT2D eigenvalue weighted by Crippen LogP contribution is -2.48. The van der Waals surface area contributed by atoms with Crippen molar-refractivity contribution in [3.8, 4) is 0 Å². The predicted molar refractivity (Wildman–Crippen MR) is 53.7 cm³/mol. The Morgan fingerprint density at radius 3 is 2.23 bits per heavy atom. The molecule has 0 unspecified atom stereocenters. The Morgan fingerprint density at radius 1 is 1.23 bits per heavy atom. The molecule has 1 aliphatic heterocycles. The summed E-state index contributed by atoms with van der Waals surface area (Å²) in [5, 5.41) is 3.27. The molecule has 0 aromatic heterocycles. The molecule has 2 nitrogen and oxygen atoms in total. The van der Waals surface area contributed by atoms with Crippen molar-refractivity contribution in [2.45, 2.75) is 32.4 Å². The first kappa shape index (κ1) is 10.9. The Labute approximate surface area is 80.5 Å². The van der Waals surface area contributed by atoms with Crippen LogP contribution < -0.4 is 5.32 Å². The minimum Gasteiger partial charge on any atom is -0.314 e. The van der Waals surface area contributed by atoms with Gasteiger partial charge >= 0.3 is 0 Å². The molecule has 1 aliphatic rings. The van der Waals surface area contributed by atoms with Crippen molar-refractivity contribution in [1.29, 1.82) is 0 Å². The van der Waals surface area contributed by atoms with E-state index in [1.165, 1.54) is 0 Å². The highest BCUT2D eigenvalue weighted by atomic mass is 19.1. The lowest BCUT2D eigenvalue weighted by atomic mass is 9.99. The van der Waals surface area contributed by atoms with Crippen molar-refractivity contribution in [3.05, 3.63) is 0 Å². The second-order valence-electron chi connectivity index (χ2n) is 3.88. The first-order valence-electron chi connectivity index (χ1n) is 5.32. The van der Waals surface area contributed by atoms with Gasteiger partial charge in [0.25, 0.3) is 0 Å². The van der Waals surface area contributed by atoms with Gasteiger partial charge in [0, 0.05) is 32.7 Å². The fourth-order valence-corrected chi connectivity index (χ4v) is 1.74. The third kappa shape index (κ3) is 3.24. The Morgan fingerprint density at radius 2 is 1.77 bits per heavy atom. The van der Waals surface area contributed by atoms with E-state index in [9.17, 15) is 4.39 Å². The zero-order chi connectivity index (χ0) is 9.73. The summed E-state index contributed by atoms with van der Waals surface area (Å²) >= 11 is 0. The number of nitrogens with one attached hydrogen (secondary N) is 1. The average molecular weight is 188 g/mol. The number of hydrogen-bond donors (Lipinski definition) is 1. The van der Waals surface area contributed by atoms with Gasteiger partial charge in [-0.2, -0.15) is 0 Å². The van der Waals surface area contributed by atoms with E-state index in [0.717, 1.165) is 26.2 Å². The van der Waals surface area contributed by atoms with E-state index in [4.69, 9.17) is 0 Å². The molecule has 0 radical (unpaired) electrons. The van der Waals surface area contributed by atoms with E-state index in [-0.39, 0.29) is 0 Å². The largest absolute Gasteiger partial charge is 0.314 e. The molecule has 1 fully saturated rings. The zero-order valence-electron chi connectivity index (χ0n) is 8.77. The van der Waals surface area contributed by atoms with Gasteiger partial charge in [0.05, 0.1) is 0 Å². The predicted octanol–water partition coefficient (Wildman–Crippen LogP) is 1.42. The van der Waals surface area contributed by atoms with Crippen LogP contribution >= 0.6 is 0 Å². The van der Waals surface area contributed by atoms with E-state index < -0.39 is 5.67 Å². The van der Waals surface area contributed by atoms with Crippen molar-refractivity contribution in [1.82, 2.24) is 10.2 Å². The van der Waals surface area contributed by atoms with Gasteiger partial charge < -0.3 is 5.32 Å². The number of halogens is 1. The van der Waals surface area contributed by atoms with Crippen LogP contribution in [0.2, 0.25) is 0 Å². The molecular weight excluding hydrogens is 167 g/mol. The summed E-state index contributed by atoms with van der Waals surface area (Å²) < 4.78 is 14.0. The summed E-state index contributed by atoms with van der Waals surface area (Å²) in [6, 6.07) is 0. The number of alkyl halides is 1. The maximum absolute atomic E-state index is 14.0. The average Bonchev–Trinajstić information content (AvgIpc) is 2.19. The molecule has 0 amide bonds. The molecular formula is C10H21FN2. The topological polar surface area (TPSA) is 15.3 Å². The molecule has 1 rings (SSSR count). The van der Waals surface area contributed by atoms with E-state index in [1.807, 2.05) is 13.8 Å². The smallest absolute Gasteiger partial charge is 0.123 e. The second kappa shape index (κ2) is 4.91. The summed E-state index contributed by atoms with van der Waals surface area (Å²) in [5.74, 6) is 0. The van der Waals surface area contributed by atoms with Gasteiger partial charge in [-0.3, -0.25) is 4.90 Å². The third-order valence-electron chi connectivity index (χ3n) is 2.98. The summed E-state index contributed by atoms with van der Waals surface area (Å²) in [6.07, 6.45) is 1.26. The molecule has 0 aromatic carbocycles. The van der Waals surface area contributed by atoms with E-state index in [0.29, 0.717) is 19.4 Å². The van der Waals surface area contributed by atoms with E-state index in [2.05, 4.69) is 10.2 Å². The number of piperazine rings is 1. The van der Waals surface area contributed by atoms with Crippen LogP contribution in [0.4, 0.5) is 4.39 Å². The summed E-state index contributed by atoms with van der Waals surface area (Å²) in [7, 11) is 0. The maximum Gasteiger partial charge on any atom is 0.123 e. The molecule has 0 aliphatic carbocycles. The Hall–Kier alpha value is -0.150. The SMILES string of the molecule is CCC(F)(CC)CN1CCNCC1. The van der Waals surface area contributed by atoms with Gasteiger partial charge in [-0.15, -0.1) is 0 Å². The molecule has 0 saturated carbocycles. The van der Waals surface area contributed by atoms with Crippen LogP contribution in [0.25, 0.3) is 0 Å². The minimum absolute atomic E-state index is 0.613. The highest BCUT2D eigenvalue weighted by Gasteiger charge is 2.28. The number of rotatable bonds is 4. The zero-order valence-corrected chi connectivity index (χ0v) is 8.77. The fraction of sp³-hybridized carbons (Fsp3) is 1.00. The molecule has 0 atom stereocenters. The summed E-state index contributed by atoms with van der Waals surface area (Å²) in [5.41, 5.74) is -0.961. The van der Waals surface area contributed by atoms with Crippen LogP contribution in [0.5, 0.6) is 0 Å². The normalized spacial score (nSPS) is 20.5. The first-order valence-corrected chi connectivity index (χ1v) is 5.32. The lowest BCUT2D eigenvalue weighted by molar-refractivity contribution is 0.0772. The molecule has 78 valence electrons. The van der Waals surface area contributed by atoms with Gasteiger partial charge in [-0.1, -0.05) is 13.8 Å². The Bertz CT molecular complexity index is 140.